The van der Waals surface area contributed by atoms with E-state index < -0.39 is 11.8 Å². The summed E-state index contributed by atoms with van der Waals surface area (Å²) >= 11 is 5.39. The fourth-order valence-corrected chi connectivity index (χ4v) is 6.11. The van der Waals surface area contributed by atoms with Gasteiger partial charge in [0.1, 0.15) is 5.57 Å². The van der Waals surface area contributed by atoms with E-state index in [4.69, 9.17) is 12.2 Å². The summed E-state index contributed by atoms with van der Waals surface area (Å²) in [6, 6.07) is 10.5. The quantitative estimate of drug-likeness (QED) is 0.329. The lowest BCUT2D eigenvalue weighted by molar-refractivity contribution is -0.122. The Kier molecular flexibility index (Phi) is 6.39. The highest BCUT2D eigenvalue weighted by atomic mass is 32.1. The molecule has 2 amide bonds. The SMILES string of the molecule is Cc1ccc(N2C(=O)/C(=C/c3cc4c(cc3C)N(C(C)C)C(C)(C)C[C@@H]4C)C(=O)NC2=S)c(C)c1. The molecule has 1 fully saturated rings. The van der Waals surface area contributed by atoms with Crippen LogP contribution < -0.4 is 15.1 Å². The number of nitrogens with one attached hydrogen (secondary N) is 1. The molecule has 2 aliphatic rings. The maximum Gasteiger partial charge on any atom is 0.270 e. The van der Waals surface area contributed by atoms with Crippen molar-refractivity contribution in [3.8, 4) is 0 Å². The van der Waals surface area contributed by atoms with Crippen LogP contribution in [0, 0.1) is 20.8 Å². The van der Waals surface area contributed by atoms with Gasteiger partial charge < -0.3 is 4.90 Å². The lowest BCUT2D eigenvalue weighted by Crippen LogP contribution is -2.54. The van der Waals surface area contributed by atoms with Gasteiger partial charge >= 0.3 is 0 Å². The molecule has 2 aromatic carbocycles. The zero-order valence-electron chi connectivity index (χ0n) is 21.9. The van der Waals surface area contributed by atoms with Gasteiger partial charge in [-0.05, 0) is 120 Å². The summed E-state index contributed by atoms with van der Waals surface area (Å²) in [5, 5.41) is 2.82. The van der Waals surface area contributed by atoms with E-state index >= 15 is 0 Å². The van der Waals surface area contributed by atoms with Gasteiger partial charge in [-0.1, -0.05) is 24.6 Å². The molecule has 5 nitrogen and oxygen atoms in total. The van der Waals surface area contributed by atoms with Crippen LogP contribution in [0.2, 0.25) is 0 Å². The molecule has 0 bridgehead atoms. The van der Waals surface area contributed by atoms with Crippen LogP contribution in [0.15, 0.2) is 35.9 Å². The molecule has 1 saturated heterocycles. The van der Waals surface area contributed by atoms with Crippen LogP contribution in [-0.4, -0.2) is 28.5 Å². The molecule has 6 heteroatoms. The van der Waals surface area contributed by atoms with Crippen molar-refractivity contribution in [2.45, 2.75) is 79.3 Å². The van der Waals surface area contributed by atoms with Crippen molar-refractivity contribution in [2.75, 3.05) is 9.80 Å². The van der Waals surface area contributed by atoms with Gasteiger partial charge in [0.2, 0.25) is 0 Å². The van der Waals surface area contributed by atoms with Crippen LogP contribution in [-0.2, 0) is 9.59 Å². The van der Waals surface area contributed by atoms with Crippen LogP contribution in [0.4, 0.5) is 11.4 Å². The molecule has 0 radical (unpaired) electrons. The van der Waals surface area contributed by atoms with Crippen molar-refractivity contribution in [1.29, 1.82) is 0 Å². The summed E-state index contributed by atoms with van der Waals surface area (Å²) in [4.78, 5) is 30.4. The summed E-state index contributed by atoms with van der Waals surface area (Å²) in [5.74, 6) is -0.500. The number of fused-ring (bicyclic) bond motifs is 1. The molecular weight excluding hydrogens is 454 g/mol. The van der Waals surface area contributed by atoms with E-state index in [2.05, 4.69) is 57.0 Å². The number of aryl methyl sites for hydroxylation is 3. The Bertz CT molecular complexity index is 1270. The third kappa shape index (κ3) is 4.40. The average Bonchev–Trinajstić information content (AvgIpc) is 2.72. The van der Waals surface area contributed by atoms with Gasteiger partial charge in [0, 0.05) is 17.3 Å². The van der Waals surface area contributed by atoms with Crippen LogP contribution in [0.25, 0.3) is 6.08 Å². The second-order valence-electron chi connectivity index (χ2n) is 10.9. The van der Waals surface area contributed by atoms with Gasteiger partial charge in [-0.15, -0.1) is 0 Å². The topological polar surface area (TPSA) is 52.7 Å². The Morgan fingerprint density at radius 1 is 1.06 bits per heavy atom. The van der Waals surface area contributed by atoms with Crippen LogP contribution in [0.1, 0.15) is 74.8 Å². The van der Waals surface area contributed by atoms with Gasteiger partial charge in [-0.2, -0.15) is 0 Å². The highest BCUT2D eigenvalue weighted by Gasteiger charge is 2.39. The minimum atomic E-state index is -0.462. The Labute approximate surface area is 214 Å². The van der Waals surface area contributed by atoms with E-state index in [1.54, 1.807) is 6.08 Å². The van der Waals surface area contributed by atoms with Gasteiger partial charge in [0.15, 0.2) is 5.11 Å². The van der Waals surface area contributed by atoms with Crippen molar-refractivity contribution in [3.63, 3.8) is 0 Å². The molecule has 2 aliphatic heterocycles. The van der Waals surface area contributed by atoms with Crippen molar-refractivity contribution < 1.29 is 9.59 Å². The molecule has 0 aliphatic carbocycles. The first-order valence-electron chi connectivity index (χ1n) is 12.2. The van der Waals surface area contributed by atoms with Gasteiger partial charge in [-0.3, -0.25) is 19.8 Å². The van der Waals surface area contributed by atoms with Crippen molar-refractivity contribution in [1.82, 2.24) is 5.32 Å². The molecule has 0 unspecified atom stereocenters. The standard InChI is InChI=1S/C29H35N3O2S/c1-16(2)32-25-12-18(4)21(13-22(25)20(6)15-29(32,7)8)14-23-26(33)30-28(35)31(27(23)34)24-10-9-17(3)11-19(24)5/h9-14,16,20H,15H2,1-8H3,(H,30,33,35)/b23-14+/t20-/m0/s1. The number of thiocarbonyl (C=S) groups is 1. The molecular formula is C29H35N3O2S. The molecule has 1 N–H and O–H groups in total. The number of carbonyl (C=O) groups is 2. The summed E-state index contributed by atoms with van der Waals surface area (Å²) in [6.07, 6.45) is 2.75. The van der Waals surface area contributed by atoms with E-state index in [0.717, 1.165) is 28.7 Å². The largest absolute Gasteiger partial charge is 0.364 e. The van der Waals surface area contributed by atoms with E-state index in [9.17, 15) is 9.59 Å². The number of benzene rings is 2. The molecule has 1 atom stereocenters. The molecule has 0 spiro atoms. The van der Waals surface area contributed by atoms with Crippen LogP contribution in [0.3, 0.4) is 0 Å². The maximum absolute atomic E-state index is 13.6. The third-order valence-corrected chi connectivity index (χ3v) is 7.46. The van der Waals surface area contributed by atoms with Gasteiger partial charge in [0.25, 0.3) is 11.8 Å². The number of hydrogen-bond acceptors (Lipinski definition) is 4. The normalized spacial score (nSPS) is 21.0. The number of anilines is 2. The highest BCUT2D eigenvalue weighted by molar-refractivity contribution is 7.80. The molecule has 4 rings (SSSR count). The number of hydrogen-bond donors (Lipinski definition) is 1. The van der Waals surface area contributed by atoms with Crippen molar-refractivity contribution in [3.05, 3.63) is 63.7 Å². The first-order valence-corrected chi connectivity index (χ1v) is 12.6. The van der Waals surface area contributed by atoms with E-state index in [0.29, 0.717) is 17.6 Å². The number of amides is 2. The predicted octanol–water partition coefficient (Wildman–Crippen LogP) is 5.94. The van der Waals surface area contributed by atoms with E-state index in [1.807, 2.05) is 39.0 Å². The number of rotatable bonds is 3. The molecule has 35 heavy (non-hydrogen) atoms. The summed E-state index contributed by atoms with van der Waals surface area (Å²) in [7, 11) is 0. The van der Waals surface area contributed by atoms with Crippen molar-refractivity contribution in [2.24, 2.45) is 0 Å². The lowest BCUT2D eigenvalue weighted by Gasteiger charge is -2.50. The molecule has 0 aromatic heterocycles. The smallest absolute Gasteiger partial charge is 0.270 e. The van der Waals surface area contributed by atoms with Crippen molar-refractivity contribution >= 4 is 46.6 Å². The zero-order chi connectivity index (χ0) is 25.8. The third-order valence-electron chi connectivity index (χ3n) is 7.17. The second kappa shape index (κ2) is 8.90. The molecule has 2 heterocycles. The van der Waals surface area contributed by atoms with Gasteiger partial charge in [0.05, 0.1) is 5.69 Å². The lowest BCUT2D eigenvalue weighted by atomic mass is 9.78. The van der Waals surface area contributed by atoms with Gasteiger partial charge in [-0.25, -0.2) is 0 Å². The first-order chi connectivity index (χ1) is 16.3. The monoisotopic (exact) mass is 489 g/mol. The molecule has 2 aromatic rings. The zero-order valence-corrected chi connectivity index (χ0v) is 22.8. The summed E-state index contributed by atoms with van der Waals surface area (Å²) in [6.45, 7) is 17.3. The fourth-order valence-electron chi connectivity index (χ4n) is 5.83. The Hall–Kier alpha value is -2.99. The first kappa shape index (κ1) is 25.1. The van der Waals surface area contributed by atoms with Crippen LogP contribution in [0.5, 0.6) is 0 Å². The van der Waals surface area contributed by atoms with Crippen LogP contribution >= 0.6 is 12.2 Å². The fraction of sp³-hybridized carbons (Fsp3) is 0.414. The summed E-state index contributed by atoms with van der Waals surface area (Å²) < 4.78 is 0. The maximum atomic E-state index is 13.6. The molecule has 0 saturated carbocycles. The Balaban J connectivity index is 1.80. The molecule has 184 valence electrons. The number of nitrogens with zero attached hydrogens (tertiary/aromatic N) is 2. The second-order valence-corrected chi connectivity index (χ2v) is 11.3. The predicted molar refractivity (Wildman–Crippen MR) is 148 cm³/mol. The van der Waals surface area contributed by atoms with E-state index in [1.165, 1.54) is 16.2 Å². The minimum Gasteiger partial charge on any atom is -0.364 e. The highest BCUT2D eigenvalue weighted by Crippen LogP contribution is 2.45. The average molecular weight is 490 g/mol. The number of carbonyl (C=O) groups excluding carboxylic acids is 2. The Morgan fingerprint density at radius 2 is 1.74 bits per heavy atom. The summed E-state index contributed by atoms with van der Waals surface area (Å²) in [5.41, 5.74) is 7.23. The minimum absolute atomic E-state index is 0.0499. The Morgan fingerprint density at radius 3 is 2.37 bits per heavy atom. The van der Waals surface area contributed by atoms with E-state index in [-0.39, 0.29) is 16.2 Å².